The molecule has 1 amide bonds. The van der Waals surface area contributed by atoms with Crippen molar-refractivity contribution in [1.29, 1.82) is 0 Å². The van der Waals surface area contributed by atoms with Gasteiger partial charge in [-0.1, -0.05) is 0 Å². The van der Waals surface area contributed by atoms with Gasteiger partial charge in [0.1, 0.15) is 11.5 Å². The molecule has 1 fully saturated rings. The molecule has 1 N–H and O–H groups in total. The smallest absolute Gasteiger partial charge is 0.274 e. The van der Waals surface area contributed by atoms with Gasteiger partial charge in [0, 0.05) is 32.2 Å². The van der Waals surface area contributed by atoms with E-state index in [0.717, 1.165) is 13.1 Å². The molecular weight excluding hydrogens is 242 g/mol. The van der Waals surface area contributed by atoms with Crippen LogP contribution in [0.15, 0.2) is 12.4 Å². The van der Waals surface area contributed by atoms with Gasteiger partial charge in [0.25, 0.3) is 5.91 Å². The number of nitrogens with zero attached hydrogens (tertiary/aromatic N) is 4. The van der Waals surface area contributed by atoms with Crippen molar-refractivity contribution >= 4 is 11.7 Å². The van der Waals surface area contributed by atoms with Crippen molar-refractivity contribution in [3.05, 3.63) is 18.1 Å². The molecule has 0 unspecified atom stereocenters. The molecule has 0 saturated carbocycles. The highest BCUT2D eigenvalue weighted by Gasteiger charge is 2.33. The quantitative estimate of drug-likeness (QED) is 0.850. The number of aromatic nitrogens is 2. The van der Waals surface area contributed by atoms with Gasteiger partial charge in [0.05, 0.1) is 12.4 Å². The summed E-state index contributed by atoms with van der Waals surface area (Å²) in [6.45, 7) is 6.58. The van der Waals surface area contributed by atoms with Crippen LogP contribution < -0.4 is 5.32 Å². The van der Waals surface area contributed by atoms with Crippen LogP contribution in [0.1, 0.15) is 24.3 Å². The van der Waals surface area contributed by atoms with Crippen molar-refractivity contribution in [2.75, 3.05) is 39.0 Å². The molecule has 1 aliphatic heterocycles. The van der Waals surface area contributed by atoms with E-state index in [1.807, 2.05) is 4.90 Å². The lowest BCUT2D eigenvalue weighted by Gasteiger charge is -2.45. The van der Waals surface area contributed by atoms with E-state index >= 15 is 0 Å². The average molecular weight is 263 g/mol. The summed E-state index contributed by atoms with van der Waals surface area (Å²) in [5.41, 5.74) is 0.384. The van der Waals surface area contributed by atoms with Crippen LogP contribution in [-0.4, -0.2) is 64.9 Å². The van der Waals surface area contributed by atoms with Crippen LogP contribution in [0.4, 0.5) is 5.82 Å². The van der Waals surface area contributed by atoms with Crippen LogP contribution in [0.5, 0.6) is 0 Å². The van der Waals surface area contributed by atoms with E-state index in [9.17, 15) is 4.79 Å². The van der Waals surface area contributed by atoms with Gasteiger partial charge in [-0.2, -0.15) is 0 Å². The van der Waals surface area contributed by atoms with Gasteiger partial charge in [-0.05, 0) is 20.9 Å². The van der Waals surface area contributed by atoms with E-state index < -0.39 is 0 Å². The number of amides is 1. The highest BCUT2D eigenvalue weighted by Crippen LogP contribution is 2.20. The molecule has 1 aromatic rings. The Morgan fingerprint density at radius 1 is 1.37 bits per heavy atom. The topological polar surface area (TPSA) is 61.4 Å². The largest absolute Gasteiger partial charge is 0.372 e. The molecule has 0 bridgehead atoms. The number of likely N-dealkylation sites (N-methyl/N-ethyl adjacent to an activating group) is 1. The molecule has 0 atom stereocenters. The first kappa shape index (κ1) is 13.7. The van der Waals surface area contributed by atoms with E-state index in [0.29, 0.717) is 18.1 Å². The second-order valence-corrected chi connectivity index (χ2v) is 5.50. The van der Waals surface area contributed by atoms with Crippen molar-refractivity contribution in [2.45, 2.75) is 19.4 Å². The summed E-state index contributed by atoms with van der Waals surface area (Å²) in [6.07, 6.45) is 3.12. The lowest BCUT2D eigenvalue weighted by molar-refractivity contribution is 0.0307. The summed E-state index contributed by atoms with van der Waals surface area (Å²) in [5.74, 6) is 0.560. The Hall–Kier alpha value is -1.69. The highest BCUT2D eigenvalue weighted by molar-refractivity contribution is 5.92. The summed E-state index contributed by atoms with van der Waals surface area (Å²) >= 11 is 0. The van der Waals surface area contributed by atoms with Crippen LogP contribution >= 0.6 is 0 Å². The number of piperazine rings is 1. The minimum atomic E-state index is -0.0502. The number of carbonyl (C=O) groups is 1. The van der Waals surface area contributed by atoms with Crippen molar-refractivity contribution < 1.29 is 4.79 Å². The maximum atomic E-state index is 12.4. The number of anilines is 1. The summed E-state index contributed by atoms with van der Waals surface area (Å²) in [5, 5.41) is 2.90. The van der Waals surface area contributed by atoms with E-state index in [2.05, 4.69) is 41.1 Å². The van der Waals surface area contributed by atoms with Crippen molar-refractivity contribution in [3.63, 3.8) is 0 Å². The van der Waals surface area contributed by atoms with Gasteiger partial charge in [0.2, 0.25) is 0 Å². The summed E-state index contributed by atoms with van der Waals surface area (Å²) in [7, 11) is 3.85. The van der Waals surface area contributed by atoms with E-state index in [1.54, 1.807) is 13.2 Å². The SMILES string of the molecule is CNc1cncc(C(=O)N2CCN(C)C(C)(C)C2)n1. The molecule has 0 aliphatic carbocycles. The first-order chi connectivity index (χ1) is 8.94. The molecule has 1 aliphatic rings. The molecule has 2 heterocycles. The van der Waals surface area contributed by atoms with Crippen molar-refractivity contribution in [3.8, 4) is 0 Å². The monoisotopic (exact) mass is 263 g/mol. The predicted octanol–water partition coefficient (Wildman–Crippen LogP) is 0.684. The van der Waals surface area contributed by atoms with Gasteiger partial charge >= 0.3 is 0 Å². The fourth-order valence-corrected chi connectivity index (χ4v) is 2.17. The first-order valence-corrected chi connectivity index (χ1v) is 6.44. The lowest BCUT2D eigenvalue weighted by atomic mass is 9.99. The number of hydrogen-bond donors (Lipinski definition) is 1. The summed E-state index contributed by atoms with van der Waals surface area (Å²) in [4.78, 5) is 24.9. The Balaban J connectivity index is 2.15. The van der Waals surface area contributed by atoms with Crippen molar-refractivity contribution in [1.82, 2.24) is 19.8 Å². The molecule has 0 aromatic carbocycles. The molecule has 2 rings (SSSR count). The Kier molecular flexibility index (Phi) is 3.71. The van der Waals surface area contributed by atoms with Gasteiger partial charge < -0.3 is 10.2 Å². The predicted molar refractivity (Wildman–Crippen MR) is 74.2 cm³/mol. The summed E-state index contributed by atoms with van der Waals surface area (Å²) in [6, 6.07) is 0. The molecule has 19 heavy (non-hydrogen) atoms. The molecule has 0 spiro atoms. The first-order valence-electron chi connectivity index (χ1n) is 6.44. The minimum Gasteiger partial charge on any atom is -0.372 e. The van der Waals surface area contributed by atoms with Gasteiger partial charge in [-0.25, -0.2) is 4.98 Å². The second kappa shape index (κ2) is 5.13. The zero-order valence-electron chi connectivity index (χ0n) is 12.0. The highest BCUT2D eigenvalue weighted by atomic mass is 16.2. The maximum absolute atomic E-state index is 12.4. The van der Waals surface area contributed by atoms with Crippen LogP contribution in [0.3, 0.4) is 0 Å². The van der Waals surface area contributed by atoms with E-state index in [-0.39, 0.29) is 11.4 Å². The van der Waals surface area contributed by atoms with Crippen LogP contribution in [0.25, 0.3) is 0 Å². The Bertz CT molecular complexity index is 474. The third-order valence-corrected chi connectivity index (χ3v) is 3.71. The maximum Gasteiger partial charge on any atom is 0.274 e. The summed E-state index contributed by atoms with van der Waals surface area (Å²) < 4.78 is 0. The zero-order valence-corrected chi connectivity index (χ0v) is 12.0. The van der Waals surface area contributed by atoms with Crippen molar-refractivity contribution in [2.24, 2.45) is 0 Å². The second-order valence-electron chi connectivity index (χ2n) is 5.50. The fourth-order valence-electron chi connectivity index (χ4n) is 2.17. The number of rotatable bonds is 2. The Morgan fingerprint density at radius 2 is 2.11 bits per heavy atom. The molecule has 6 nitrogen and oxygen atoms in total. The molecular formula is C13H21N5O. The number of nitrogens with one attached hydrogen (secondary N) is 1. The molecule has 0 radical (unpaired) electrons. The lowest BCUT2D eigenvalue weighted by Crippen LogP contribution is -2.58. The zero-order chi connectivity index (χ0) is 14.0. The molecule has 1 aromatic heterocycles. The number of hydrogen-bond acceptors (Lipinski definition) is 5. The van der Waals surface area contributed by atoms with Crippen LogP contribution in [0, 0.1) is 0 Å². The third kappa shape index (κ3) is 2.84. The fraction of sp³-hybridized carbons (Fsp3) is 0.615. The van der Waals surface area contributed by atoms with E-state index in [1.165, 1.54) is 6.20 Å². The van der Waals surface area contributed by atoms with Crippen LogP contribution in [0.2, 0.25) is 0 Å². The third-order valence-electron chi connectivity index (χ3n) is 3.71. The number of carbonyl (C=O) groups excluding carboxylic acids is 1. The molecule has 1 saturated heterocycles. The van der Waals surface area contributed by atoms with E-state index in [4.69, 9.17) is 0 Å². The molecule has 104 valence electrons. The van der Waals surface area contributed by atoms with Crippen LogP contribution in [-0.2, 0) is 0 Å². The normalized spacial score (nSPS) is 19.3. The van der Waals surface area contributed by atoms with Gasteiger partial charge in [-0.15, -0.1) is 0 Å². The minimum absolute atomic E-state index is 0.0119. The molecule has 6 heteroatoms. The van der Waals surface area contributed by atoms with Gasteiger partial charge in [-0.3, -0.25) is 14.7 Å². The van der Waals surface area contributed by atoms with Gasteiger partial charge in [0.15, 0.2) is 0 Å². The average Bonchev–Trinajstić information content (AvgIpc) is 2.41. The standard InChI is InChI=1S/C13H21N5O/c1-13(2)9-18(6-5-17(13)4)12(19)10-7-15-8-11(14-3)16-10/h7-8H,5-6,9H2,1-4H3,(H,14,16). The Morgan fingerprint density at radius 3 is 2.74 bits per heavy atom. The Labute approximate surface area is 113 Å².